The molecule has 1 N–H and O–H groups in total. The SMILES string of the molecule is COc1ccc(NC(=O)[C@@]23C[C@@H]2CN(c2ccccc2)S3(=O)=O)cc1. The Bertz CT molecular complexity index is 912. The predicted octanol–water partition coefficient (Wildman–Crippen LogP) is 2.24. The van der Waals surface area contributed by atoms with Crippen molar-refractivity contribution in [2.45, 2.75) is 11.2 Å². The fourth-order valence-electron chi connectivity index (χ4n) is 3.47. The molecule has 130 valence electrons. The topological polar surface area (TPSA) is 75.7 Å². The summed E-state index contributed by atoms with van der Waals surface area (Å²) in [5.74, 6) is 0.0428. The van der Waals surface area contributed by atoms with Crippen molar-refractivity contribution in [3.63, 3.8) is 0 Å². The van der Waals surface area contributed by atoms with Crippen molar-refractivity contribution >= 4 is 27.3 Å². The maximum absolute atomic E-state index is 13.0. The number of carbonyl (C=O) groups is 1. The number of anilines is 2. The lowest BCUT2D eigenvalue weighted by Crippen LogP contribution is -2.42. The quantitative estimate of drug-likeness (QED) is 0.909. The van der Waals surface area contributed by atoms with Crippen LogP contribution in [0.2, 0.25) is 0 Å². The molecule has 0 unspecified atom stereocenters. The Hall–Kier alpha value is -2.54. The lowest BCUT2D eigenvalue weighted by atomic mass is 10.2. The van der Waals surface area contributed by atoms with Gasteiger partial charge in [0.2, 0.25) is 15.9 Å². The van der Waals surface area contributed by atoms with Crippen LogP contribution in [-0.4, -0.2) is 32.7 Å². The summed E-state index contributed by atoms with van der Waals surface area (Å²) in [5.41, 5.74) is 1.16. The number of benzene rings is 2. The molecule has 25 heavy (non-hydrogen) atoms. The van der Waals surface area contributed by atoms with E-state index in [2.05, 4.69) is 5.32 Å². The molecule has 2 fully saturated rings. The Labute approximate surface area is 146 Å². The number of carbonyl (C=O) groups excluding carboxylic acids is 1. The van der Waals surface area contributed by atoms with Gasteiger partial charge in [-0.3, -0.25) is 9.10 Å². The van der Waals surface area contributed by atoms with E-state index in [1.165, 1.54) is 4.31 Å². The Morgan fingerprint density at radius 2 is 1.84 bits per heavy atom. The highest BCUT2D eigenvalue weighted by Gasteiger charge is 2.75. The summed E-state index contributed by atoms with van der Waals surface area (Å²) in [6, 6.07) is 15.7. The van der Waals surface area contributed by atoms with Gasteiger partial charge in [0.15, 0.2) is 4.75 Å². The molecule has 2 aliphatic rings. The van der Waals surface area contributed by atoms with E-state index in [9.17, 15) is 13.2 Å². The summed E-state index contributed by atoms with van der Waals surface area (Å²) in [7, 11) is -2.18. The van der Waals surface area contributed by atoms with Crippen molar-refractivity contribution in [3.8, 4) is 5.75 Å². The molecular weight excluding hydrogens is 340 g/mol. The van der Waals surface area contributed by atoms with E-state index in [1.807, 2.05) is 6.07 Å². The number of hydrogen-bond donors (Lipinski definition) is 1. The van der Waals surface area contributed by atoms with Crippen molar-refractivity contribution in [2.24, 2.45) is 5.92 Å². The summed E-state index contributed by atoms with van der Waals surface area (Å²) < 4.78 is 31.2. The number of ether oxygens (including phenoxy) is 1. The fourth-order valence-corrected chi connectivity index (χ4v) is 5.84. The van der Waals surface area contributed by atoms with Gasteiger partial charge in [0.25, 0.3) is 0 Å². The lowest BCUT2D eigenvalue weighted by Gasteiger charge is -2.22. The molecule has 0 spiro atoms. The number of methoxy groups -OCH3 is 1. The standard InChI is InChI=1S/C18H18N2O4S/c1-24-16-9-7-14(8-10-16)19-17(21)18-11-13(18)12-20(25(18,22)23)15-5-3-2-4-6-15/h2-10,13H,11-12H2,1H3,(H,19,21)/t13-,18-/m1/s1. The minimum absolute atomic E-state index is 0.170. The molecule has 1 saturated carbocycles. The van der Waals surface area contributed by atoms with Crippen molar-refractivity contribution in [2.75, 3.05) is 23.3 Å². The highest BCUT2D eigenvalue weighted by molar-refractivity contribution is 7.95. The molecule has 0 aromatic heterocycles. The highest BCUT2D eigenvalue weighted by Crippen LogP contribution is 2.58. The number of nitrogens with one attached hydrogen (secondary N) is 1. The molecule has 2 aromatic rings. The number of sulfonamides is 1. The van der Waals surface area contributed by atoms with Crippen LogP contribution >= 0.6 is 0 Å². The zero-order valence-electron chi connectivity index (χ0n) is 13.7. The molecule has 4 rings (SSSR count). The summed E-state index contributed by atoms with van der Waals surface area (Å²) in [6.45, 7) is 0.350. The molecule has 6 nitrogen and oxygen atoms in total. The number of hydrogen-bond acceptors (Lipinski definition) is 4. The van der Waals surface area contributed by atoms with Gasteiger partial charge in [0.05, 0.1) is 12.8 Å². The van der Waals surface area contributed by atoms with Gasteiger partial charge >= 0.3 is 0 Å². The van der Waals surface area contributed by atoms with Gasteiger partial charge in [-0.15, -0.1) is 0 Å². The third kappa shape index (κ3) is 2.30. The van der Waals surface area contributed by atoms with Crippen LogP contribution in [0.5, 0.6) is 5.75 Å². The van der Waals surface area contributed by atoms with Gasteiger partial charge in [0.1, 0.15) is 5.75 Å². The first-order valence-corrected chi connectivity index (χ1v) is 9.46. The summed E-state index contributed by atoms with van der Waals surface area (Å²) in [6.07, 6.45) is 0.376. The molecule has 1 aliphatic carbocycles. The Balaban J connectivity index is 1.59. The third-order valence-electron chi connectivity index (χ3n) is 4.96. The molecule has 1 heterocycles. The van der Waals surface area contributed by atoms with Gasteiger partial charge < -0.3 is 10.1 Å². The van der Waals surface area contributed by atoms with E-state index < -0.39 is 20.7 Å². The molecule has 0 bridgehead atoms. The van der Waals surface area contributed by atoms with E-state index in [4.69, 9.17) is 4.74 Å². The van der Waals surface area contributed by atoms with Gasteiger partial charge in [-0.1, -0.05) is 18.2 Å². The van der Waals surface area contributed by atoms with Crippen LogP contribution in [-0.2, 0) is 14.8 Å². The maximum atomic E-state index is 13.0. The van der Waals surface area contributed by atoms with Crippen LogP contribution in [0.15, 0.2) is 54.6 Å². The molecule has 7 heteroatoms. The minimum Gasteiger partial charge on any atom is -0.497 e. The smallest absolute Gasteiger partial charge is 0.250 e. The average Bonchev–Trinajstić information content (AvgIpc) is 3.32. The van der Waals surface area contributed by atoms with Crippen LogP contribution in [0.3, 0.4) is 0 Å². The number of rotatable bonds is 4. The maximum Gasteiger partial charge on any atom is 0.250 e. The van der Waals surface area contributed by atoms with Crippen LogP contribution in [0.1, 0.15) is 6.42 Å². The first-order chi connectivity index (χ1) is 12.0. The molecule has 1 amide bonds. The Kier molecular flexibility index (Phi) is 3.50. The zero-order valence-corrected chi connectivity index (χ0v) is 14.5. The number of para-hydroxylation sites is 1. The van der Waals surface area contributed by atoms with Crippen LogP contribution in [0, 0.1) is 5.92 Å². The van der Waals surface area contributed by atoms with E-state index >= 15 is 0 Å². The summed E-state index contributed by atoms with van der Waals surface area (Å²) in [5, 5.41) is 2.74. The summed E-state index contributed by atoms with van der Waals surface area (Å²) >= 11 is 0. The van der Waals surface area contributed by atoms with Crippen LogP contribution in [0.4, 0.5) is 11.4 Å². The molecular formula is C18H18N2O4S. The molecule has 1 aliphatic heterocycles. The highest BCUT2D eigenvalue weighted by atomic mass is 32.2. The molecule has 2 aromatic carbocycles. The van der Waals surface area contributed by atoms with Crippen molar-refractivity contribution in [1.82, 2.24) is 0 Å². The van der Waals surface area contributed by atoms with Crippen LogP contribution in [0.25, 0.3) is 0 Å². The molecule has 1 saturated heterocycles. The lowest BCUT2D eigenvalue weighted by molar-refractivity contribution is -0.116. The van der Waals surface area contributed by atoms with Crippen molar-refractivity contribution in [3.05, 3.63) is 54.6 Å². The number of nitrogens with zero attached hydrogens (tertiary/aromatic N) is 1. The van der Waals surface area contributed by atoms with Gasteiger partial charge in [0, 0.05) is 18.2 Å². The van der Waals surface area contributed by atoms with Gasteiger partial charge in [-0.25, -0.2) is 8.42 Å². The van der Waals surface area contributed by atoms with E-state index in [-0.39, 0.29) is 5.92 Å². The number of fused-ring (bicyclic) bond motifs is 1. The Morgan fingerprint density at radius 3 is 2.48 bits per heavy atom. The summed E-state index contributed by atoms with van der Waals surface area (Å²) in [4.78, 5) is 12.8. The van der Waals surface area contributed by atoms with Crippen LogP contribution < -0.4 is 14.4 Å². The van der Waals surface area contributed by atoms with Gasteiger partial charge in [-0.2, -0.15) is 0 Å². The second kappa shape index (κ2) is 5.49. The predicted molar refractivity (Wildman–Crippen MR) is 95.2 cm³/mol. The first-order valence-electron chi connectivity index (χ1n) is 8.02. The van der Waals surface area contributed by atoms with Crippen molar-refractivity contribution in [1.29, 1.82) is 0 Å². The zero-order chi connectivity index (χ0) is 17.7. The Morgan fingerprint density at radius 1 is 1.16 bits per heavy atom. The minimum atomic E-state index is -3.74. The molecule has 0 radical (unpaired) electrons. The van der Waals surface area contributed by atoms with Crippen molar-refractivity contribution < 1.29 is 17.9 Å². The van der Waals surface area contributed by atoms with E-state index in [0.717, 1.165) is 0 Å². The monoisotopic (exact) mass is 358 g/mol. The first kappa shape index (κ1) is 16.0. The van der Waals surface area contributed by atoms with Gasteiger partial charge in [-0.05, 0) is 42.8 Å². The largest absolute Gasteiger partial charge is 0.497 e. The average molecular weight is 358 g/mol. The second-order valence-electron chi connectivity index (χ2n) is 6.34. The second-order valence-corrected chi connectivity index (χ2v) is 8.46. The fraction of sp³-hybridized carbons (Fsp3) is 0.278. The molecule has 2 atom stereocenters. The normalized spacial score (nSPS) is 26.0. The van der Waals surface area contributed by atoms with E-state index in [0.29, 0.717) is 30.1 Å². The number of amides is 1. The third-order valence-corrected chi connectivity index (χ3v) is 7.51. The van der Waals surface area contributed by atoms with E-state index in [1.54, 1.807) is 55.6 Å².